The summed E-state index contributed by atoms with van der Waals surface area (Å²) in [6.45, 7) is 6.86. The van der Waals surface area contributed by atoms with E-state index in [1.807, 2.05) is 54.6 Å². The van der Waals surface area contributed by atoms with Crippen molar-refractivity contribution < 1.29 is 14.3 Å². The largest absolute Gasteiger partial charge is 0.419 e. The number of para-hydroxylation sites is 1. The summed E-state index contributed by atoms with van der Waals surface area (Å²) in [5, 5.41) is 2.91. The van der Waals surface area contributed by atoms with Crippen molar-refractivity contribution in [1.82, 2.24) is 0 Å². The summed E-state index contributed by atoms with van der Waals surface area (Å²) >= 11 is 0. The van der Waals surface area contributed by atoms with Crippen molar-refractivity contribution in [3.63, 3.8) is 0 Å². The van der Waals surface area contributed by atoms with E-state index >= 15 is 0 Å². The summed E-state index contributed by atoms with van der Waals surface area (Å²) in [7, 11) is 1.66. The summed E-state index contributed by atoms with van der Waals surface area (Å²) < 4.78 is 5.44. The van der Waals surface area contributed by atoms with Gasteiger partial charge in [-0.05, 0) is 93.3 Å². The first kappa shape index (κ1) is 24.3. The Morgan fingerprint density at radius 1 is 0.857 bits per heavy atom. The van der Waals surface area contributed by atoms with Crippen molar-refractivity contribution in [3.8, 4) is 5.75 Å². The maximum absolute atomic E-state index is 12.8. The van der Waals surface area contributed by atoms with Crippen molar-refractivity contribution in [2.45, 2.75) is 45.7 Å². The Morgan fingerprint density at radius 2 is 1.46 bits per heavy atom. The normalized spacial score (nSPS) is 19.7. The average molecular weight is 472 g/mol. The first-order chi connectivity index (χ1) is 16.8. The van der Waals surface area contributed by atoms with Gasteiger partial charge in [-0.15, -0.1) is 0 Å². The van der Waals surface area contributed by atoms with Crippen molar-refractivity contribution >= 4 is 29.1 Å². The number of ether oxygens (including phenoxy) is 1. The topological polar surface area (TPSA) is 61.9 Å². The van der Waals surface area contributed by atoms with Gasteiger partial charge in [0.15, 0.2) is 0 Å². The van der Waals surface area contributed by atoms with E-state index in [0.717, 1.165) is 17.3 Å². The molecule has 4 rings (SSSR count). The van der Waals surface area contributed by atoms with E-state index < -0.39 is 6.09 Å². The second-order valence-electron chi connectivity index (χ2n) is 9.47. The third-order valence-corrected chi connectivity index (χ3v) is 6.60. The number of hydrogen-bond donors (Lipinski definition) is 1. The van der Waals surface area contributed by atoms with Crippen LogP contribution in [0.25, 0.3) is 0 Å². The molecule has 6 nitrogen and oxygen atoms in total. The van der Waals surface area contributed by atoms with Crippen LogP contribution < -0.4 is 19.9 Å². The lowest BCUT2D eigenvalue weighted by Crippen LogP contribution is -2.46. The molecule has 0 spiro atoms. The van der Waals surface area contributed by atoms with E-state index in [-0.39, 0.29) is 5.91 Å². The summed E-state index contributed by atoms with van der Waals surface area (Å²) in [5.41, 5.74) is 3.12. The molecule has 6 heteroatoms. The van der Waals surface area contributed by atoms with Gasteiger partial charge in [-0.25, -0.2) is 4.79 Å². The molecule has 0 bridgehead atoms. The average Bonchev–Trinajstić information content (AvgIpc) is 2.85. The molecule has 0 aliphatic carbocycles. The van der Waals surface area contributed by atoms with Crippen LogP contribution >= 0.6 is 0 Å². The molecule has 35 heavy (non-hydrogen) atoms. The van der Waals surface area contributed by atoms with Crippen molar-refractivity contribution in [3.05, 3.63) is 84.4 Å². The fourth-order valence-electron chi connectivity index (χ4n) is 4.95. The minimum atomic E-state index is -0.486. The number of amides is 2. The number of hydrogen-bond acceptors (Lipinski definition) is 4. The molecule has 0 saturated carbocycles. The molecule has 182 valence electrons. The lowest BCUT2D eigenvalue weighted by atomic mass is 9.88. The number of piperidine rings is 1. The van der Waals surface area contributed by atoms with Gasteiger partial charge in [-0.2, -0.15) is 0 Å². The number of rotatable bonds is 5. The molecular formula is C29H33N3O3. The molecular weight excluding hydrogens is 438 g/mol. The summed E-state index contributed by atoms with van der Waals surface area (Å²) in [5.74, 6) is 0.957. The lowest BCUT2D eigenvalue weighted by molar-refractivity contribution is 0.102. The van der Waals surface area contributed by atoms with E-state index in [4.69, 9.17) is 4.74 Å². The molecule has 2 amide bonds. The molecule has 1 heterocycles. The molecule has 3 aromatic carbocycles. The highest BCUT2D eigenvalue weighted by molar-refractivity contribution is 6.04. The Morgan fingerprint density at radius 3 is 2.06 bits per heavy atom. The fourth-order valence-corrected chi connectivity index (χ4v) is 4.95. The molecule has 2 atom stereocenters. The third kappa shape index (κ3) is 5.83. The molecule has 1 fully saturated rings. The first-order valence-electron chi connectivity index (χ1n) is 12.1. The highest BCUT2D eigenvalue weighted by Crippen LogP contribution is 2.32. The number of carbonyl (C=O) groups is 2. The Labute approximate surface area is 207 Å². The molecule has 1 aliphatic rings. The standard InChI is InChI=1S/C29H33N3O3/c1-20-18-21(2)32(22(3)19-20)26-14-10-23(11-15-26)28(33)30-24-12-16-27(17-13-24)35-29(34)31(4)25-8-6-5-7-9-25/h5-17,20-22H,18-19H2,1-4H3,(H,30,33). The van der Waals surface area contributed by atoms with E-state index in [9.17, 15) is 9.59 Å². The van der Waals surface area contributed by atoms with E-state index in [1.165, 1.54) is 17.7 Å². The van der Waals surface area contributed by atoms with Crippen LogP contribution in [0.1, 0.15) is 44.0 Å². The molecule has 3 aromatic rings. The van der Waals surface area contributed by atoms with E-state index in [1.54, 1.807) is 31.3 Å². The quantitative estimate of drug-likeness (QED) is 0.456. The number of benzene rings is 3. The minimum Gasteiger partial charge on any atom is -0.410 e. The third-order valence-electron chi connectivity index (χ3n) is 6.60. The van der Waals surface area contributed by atoms with Crippen molar-refractivity contribution in [2.24, 2.45) is 5.92 Å². The van der Waals surface area contributed by atoms with Crippen molar-refractivity contribution in [2.75, 3.05) is 22.2 Å². The maximum atomic E-state index is 12.8. The molecule has 1 saturated heterocycles. The summed E-state index contributed by atoms with van der Waals surface area (Å²) in [4.78, 5) is 29.0. The van der Waals surface area contributed by atoms with Crippen LogP contribution in [0.5, 0.6) is 5.75 Å². The van der Waals surface area contributed by atoms with Crippen LogP contribution in [-0.4, -0.2) is 31.1 Å². The van der Waals surface area contributed by atoms with Gasteiger partial charge in [0.1, 0.15) is 5.75 Å². The molecule has 2 unspecified atom stereocenters. The molecule has 1 aliphatic heterocycles. The Hall–Kier alpha value is -3.80. The van der Waals surface area contributed by atoms with Crippen LogP contribution in [0.2, 0.25) is 0 Å². The molecule has 0 radical (unpaired) electrons. The number of nitrogens with one attached hydrogen (secondary N) is 1. The fraction of sp³-hybridized carbons (Fsp3) is 0.310. The van der Waals surface area contributed by atoms with E-state index in [0.29, 0.717) is 29.1 Å². The zero-order valence-corrected chi connectivity index (χ0v) is 20.8. The van der Waals surface area contributed by atoms with Crippen LogP contribution in [-0.2, 0) is 0 Å². The summed E-state index contributed by atoms with van der Waals surface area (Å²) in [6.07, 6.45) is 1.88. The number of nitrogens with zero attached hydrogens (tertiary/aromatic N) is 2. The summed E-state index contributed by atoms with van der Waals surface area (Å²) in [6, 6.07) is 24.8. The Kier molecular flexibility index (Phi) is 7.39. The zero-order chi connectivity index (χ0) is 24.9. The van der Waals surface area contributed by atoms with Crippen molar-refractivity contribution in [1.29, 1.82) is 0 Å². The second-order valence-corrected chi connectivity index (χ2v) is 9.47. The van der Waals surface area contributed by atoms with Crippen LogP contribution in [0, 0.1) is 5.92 Å². The smallest absolute Gasteiger partial charge is 0.410 e. The lowest BCUT2D eigenvalue weighted by Gasteiger charge is -2.43. The van der Waals surface area contributed by atoms with Gasteiger partial charge in [0.2, 0.25) is 0 Å². The van der Waals surface area contributed by atoms with Gasteiger partial charge >= 0.3 is 6.09 Å². The van der Waals surface area contributed by atoms with Gasteiger partial charge in [0, 0.05) is 41.8 Å². The SMILES string of the molecule is CC1CC(C)N(c2ccc(C(=O)Nc3ccc(OC(=O)N(C)c4ccccc4)cc3)cc2)C(C)C1. The number of carbonyl (C=O) groups excluding carboxylic acids is 2. The highest BCUT2D eigenvalue weighted by atomic mass is 16.6. The monoisotopic (exact) mass is 471 g/mol. The van der Waals surface area contributed by atoms with Gasteiger partial charge < -0.3 is 15.0 Å². The minimum absolute atomic E-state index is 0.182. The number of anilines is 3. The van der Waals surface area contributed by atoms with E-state index in [2.05, 4.69) is 31.0 Å². The predicted molar refractivity (Wildman–Crippen MR) is 142 cm³/mol. The van der Waals surface area contributed by atoms with Crippen LogP contribution in [0.3, 0.4) is 0 Å². The molecule has 0 aromatic heterocycles. The van der Waals surface area contributed by atoms with Gasteiger partial charge in [0.25, 0.3) is 5.91 Å². The second kappa shape index (κ2) is 10.6. The van der Waals surface area contributed by atoms with Gasteiger partial charge in [0.05, 0.1) is 0 Å². The van der Waals surface area contributed by atoms with Gasteiger partial charge in [-0.3, -0.25) is 9.69 Å². The molecule has 1 N–H and O–H groups in total. The Bertz CT molecular complexity index is 1130. The zero-order valence-electron chi connectivity index (χ0n) is 20.8. The first-order valence-corrected chi connectivity index (χ1v) is 12.1. The predicted octanol–water partition coefficient (Wildman–Crippen LogP) is 6.59. The Balaban J connectivity index is 1.35. The van der Waals surface area contributed by atoms with Crippen LogP contribution in [0.4, 0.5) is 21.9 Å². The van der Waals surface area contributed by atoms with Crippen LogP contribution in [0.15, 0.2) is 78.9 Å². The van der Waals surface area contributed by atoms with Gasteiger partial charge in [-0.1, -0.05) is 25.1 Å². The maximum Gasteiger partial charge on any atom is 0.419 e. The highest BCUT2D eigenvalue weighted by Gasteiger charge is 2.28.